The molecule has 2 aromatic rings. The van der Waals surface area contributed by atoms with Crippen LogP contribution in [0.1, 0.15) is 73.0 Å². The molecule has 2 fully saturated rings. The summed E-state index contributed by atoms with van der Waals surface area (Å²) in [7, 11) is -3.82. The number of rotatable bonds is 9. The molecule has 4 rings (SSSR count). The Kier molecular flexibility index (Phi) is 8.82. The van der Waals surface area contributed by atoms with Crippen LogP contribution in [0.25, 0.3) is 0 Å². The summed E-state index contributed by atoms with van der Waals surface area (Å²) >= 11 is 12.6. The van der Waals surface area contributed by atoms with Gasteiger partial charge in [0.1, 0.15) is 11.6 Å². The van der Waals surface area contributed by atoms with Crippen LogP contribution in [-0.4, -0.2) is 45.2 Å². The number of benzene rings is 2. The van der Waals surface area contributed by atoms with Crippen LogP contribution >= 0.6 is 23.2 Å². The summed E-state index contributed by atoms with van der Waals surface area (Å²) in [4.78, 5) is 14.6. The number of hydrogen-bond donors (Lipinski definition) is 1. The van der Waals surface area contributed by atoms with E-state index in [0.717, 1.165) is 56.2 Å². The third kappa shape index (κ3) is 7.43. The molecule has 1 N–H and O–H groups in total. The van der Waals surface area contributed by atoms with Crippen molar-refractivity contribution in [3.05, 3.63) is 62.9 Å². The first-order chi connectivity index (χ1) is 18.3. The fraction of sp³-hybridized carbons (Fsp3) is 0.500. The van der Waals surface area contributed by atoms with Gasteiger partial charge in [0, 0.05) is 16.1 Å². The fourth-order valence-corrected chi connectivity index (χ4v) is 6.26. The molecule has 0 aromatic heterocycles. The summed E-state index contributed by atoms with van der Waals surface area (Å²) in [6.45, 7) is 5.69. The maximum atomic E-state index is 14.8. The van der Waals surface area contributed by atoms with E-state index in [1.807, 2.05) is 30.7 Å². The normalized spacial score (nSPS) is 17.9. The molecule has 1 aliphatic heterocycles. The fourth-order valence-electron chi connectivity index (χ4n) is 5.27. The molecule has 1 saturated heterocycles. The highest BCUT2D eigenvalue weighted by molar-refractivity contribution is 7.89. The summed E-state index contributed by atoms with van der Waals surface area (Å²) in [6, 6.07) is 10.2. The highest BCUT2D eigenvalue weighted by Gasteiger charge is 2.38. The van der Waals surface area contributed by atoms with Crippen molar-refractivity contribution < 1.29 is 22.3 Å². The van der Waals surface area contributed by atoms with Crippen molar-refractivity contribution in [2.45, 2.75) is 51.5 Å². The number of nitriles is 1. The topological polar surface area (TPSA) is 99.5 Å². The van der Waals surface area contributed by atoms with Crippen LogP contribution < -0.4 is 9.46 Å². The van der Waals surface area contributed by atoms with Crippen molar-refractivity contribution in [1.82, 2.24) is 9.62 Å². The summed E-state index contributed by atoms with van der Waals surface area (Å²) in [6.07, 6.45) is 4.29. The number of nitrogens with one attached hydrogen (secondary N) is 1. The molecular weight excluding hydrogens is 564 g/mol. The number of hydrogen-bond acceptors (Lipinski definition) is 6. The van der Waals surface area contributed by atoms with E-state index in [0.29, 0.717) is 22.4 Å². The predicted molar refractivity (Wildman–Crippen MR) is 149 cm³/mol. The lowest BCUT2D eigenvalue weighted by atomic mass is 9.79. The molecule has 1 saturated carbocycles. The third-order valence-electron chi connectivity index (χ3n) is 7.30. The highest BCUT2D eigenvalue weighted by atomic mass is 35.5. The van der Waals surface area contributed by atoms with Crippen LogP contribution in [0.4, 0.5) is 4.39 Å². The molecule has 1 amide bonds. The Morgan fingerprint density at radius 2 is 1.77 bits per heavy atom. The molecule has 7 nitrogen and oxygen atoms in total. The van der Waals surface area contributed by atoms with E-state index in [-0.39, 0.29) is 23.4 Å². The van der Waals surface area contributed by atoms with Gasteiger partial charge in [-0.15, -0.1) is 0 Å². The first-order valence-electron chi connectivity index (χ1n) is 12.9. The van der Waals surface area contributed by atoms with Gasteiger partial charge < -0.3 is 4.74 Å². The monoisotopic (exact) mass is 595 g/mol. The Morgan fingerprint density at radius 1 is 1.15 bits per heavy atom. The summed E-state index contributed by atoms with van der Waals surface area (Å²) < 4.78 is 45.6. The number of nitrogens with zero attached hydrogens (tertiary/aromatic N) is 2. The van der Waals surface area contributed by atoms with Crippen LogP contribution in [0.2, 0.25) is 10.0 Å². The van der Waals surface area contributed by atoms with Gasteiger partial charge in [0.2, 0.25) is 10.0 Å². The van der Waals surface area contributed by atoms with Gasteiger partial charge in [-0.25, -0.2) is 17.5 Å². The van der Waals surface area contributed by atoms with E-state index in [4.69, 9.17) is 27.9 Å². The first-order valence-corrected chi connectivity index (χ1v) is 15.5. The van der Waals surface area contributed by atoms with Crippen molar-refractivity contribution in [2.24, 2.45) is 11.3 Å². The van der Waals surface area contributed by atoms with Crippen LogP contribution in [0.15, 0.2) is 30.3 Å². The van der Waals surface area contributed by atoms with E-state index in [9.17, 15) is 22.9 Å². The minimum Gasteiger partial charge on any atom is -0.493 e. The quantitative estimate of drug-likeness (QED) is 0.377. The van der Waals surface area contributed by atoms with Crippen LogP contribution in [0.5, 0.6) is 5.75 Å². The molecule has 1 heterocycles. The Bertz CT molecular complexity index is 1380. The van der Waals surface area contributed by atoms with E-state index in [1.165, 1.54) is 12.1 Å². The number of piperidine rings is 1. The average Bonchev–Trinajstić information content (AvgIpc) is 3.67. The Labute approximate surface area is 239 Å². The number of carbonyl (C=O) groups is 1. The van der Waals surface area contributed by atoms with E-state index in [1.54, 1.807) is 6.07 Å². The lowest BCUT2D eigenvalue weighted by Gasteiger charge is -2.42. The second-order valence-electron chi connectivity index (χ2n) is 11.1. The number of amides is 1. The van der Waals surface area contributed by atoms with Gasteiger partial charge in [0.15, 0.2) is 0 Å². The highest BCUT2D eigenvalue weighted by Crippen LogP contribution is 2.46. The lowest BCUT2D eigenvalue weighted by Crippen LogP contribution is -2.43. The molecule has 210 valence electrons. The lowest BCUT2D eigenvalue weighted by molar-refractivity contribution is 0.0661. The van der Waals surface area contributed by atoms with E-state index >= 15 is 0 Å². The van der Waals surface area contributed by atoms with Crippen molar-refractivity contribution in [2.75, 3.05) is 26.0 Å². The van der Waals surface area contributed by atoms with Gasteiger partial charge in [0.25, 0.3) is 5.91 Å². The summed E-state index contributed by atoms with van der Waals surface area (Å²) in [5.74, 6) is -1.05. The maximum Gasteiger partial charge on any atom is 0.267 e. The Balaban J connectivity index is 1.45. The number of sulfonamides is 1. The third-order valence-corrected chi connectivity index (χ3v) is 8.29. The molecule has 0 spiro atoms. The van der Waals surface area contributed by atoms with Gasteiger partial charge in [0.05, 0.1) is 36.0 Å². The zero-order valence-corrected chi connectivity index (χ0v) is 24.5. The minimum absolute atomic E-state index is 0.158. The molecule has 0 unspecified atom stereocenters. The Hall–Kier alpha value is -2.38. The SMILES string of the molecule is CC(C)(C#N)[C@@H](c1cc(Cl)cc(Cl)c1)N1CCC(COc2cc(F)c(C(=O)NS(C)(=O)=O)cc2C2CC2)CC1. The zero-order valence-electron chi connectivity index (χ0n) is 22.1. The molecule has 1 aliphatic carbocycles. The zero-order chi connectivity index (χ0) is 28.5. The molecule has 2 aromatic carbocycles. The molecule has 0 bridgehead atoms. The summed E-state index contributed by atoms with van der Waals surface area (Å²) in [5, 5.41) is 11.0. The standard InChI is InChI=1S/C28H32Cl2FN3O4S/c1-28(2,16-32)26(19-10-20(29)12-21(30)11-19)34-8-6-17(7-9-34)15-38-25-14-24(31)23(13-22(25)18-4-5-18)27(35)33-39(3,36)37/h10-14,17-18,26H,4-9,15H2,1-3H3,(H,33,35)/t26-/m1/s1. The van der Waals surface area contributed by atoms with Gasteiger partial charge in [-0.3, -0.25) is 9.69 Å². The number of ether oxygens (including phenoxy) is 1. The van der Waals surface area contributed by atoms with Crippen LogP contribution in [0, 0.1) is 28.5 Å². The van der Waals surface area contributed by atoms with Crippen molar-refractivity contribution in [3.8, 4) is 11.8 Å². The molecule has 39 heavy (non-hydrogen) atoms. The van der Waals surface area contributed by atoms with Crippen LogP contribution in [-0.2, 0) is 10.0 Å². The number of halogens is 3. The molecular formula is C28H32Cl2FN3O4S. The van der Waals surface area contributed by atoms with Gasteiger partial charge in [-0.2, -0.15) is 5.26 Å². The van der Waals surface area contributed by atoms with E-state index < -0.39 is 27.2 Å². The molecule has 11 heteroatoms. The van der Waals surface area contributed by atoms with Crippen molar-refractivity contribution >= 4 is 39.1 Å². The molecule has 2 aliphatic rings. The van der Waals surface area contributed by atoms with Crippen molar-refractivity contribution in [1.29, 1.82) is 5.26 Å². The largest absolute Gasteiger partial charge is 0.493 e. The van der Waals surface area contributed by atoms with Crippen molar-refractivity contribution in [3.63, 3.8) is 0 Å². The number of likely N-dealkylation sites (tertiary alicyclic amines) is 1. The van der Waals surface area contributed by atoms with Gasteiger partial charge >= 0.3 is 0 Å². The second kappa shape index (κ2) is 11.6. The van der Waals surface area contributed by atoms with E-state index in [2.05, 4.69) is 11.0 Å². The Morgan fingerprint density at radius 3 is 2.31 bits per heavy atom. The number of carbonyl (C=O) groups excluding carboxylic acids is 1. The average molecular weight is 597 g/mol. The smallest absolute Gasteiger partial charge is 0.267 e. The minimum atomic E-state index is -3.82. The summed E-state index contributed by atoms with van der Waals surface area (Å²) in [5.41, 5.74) is 0.633. The maximum absolute atomic E-state index is 14.8. The first kappa shape index (κ1) is 29.6. The molecule has 0 radical (unpaired) electrons. The van der Waals surface area contributed by atoms with Crippen LogP contribution in [0.3, 0.4) is 0 Å². The molecule has 1 atom stereocenters. The predicted octanol–water partition coefficient (Wildman–Crippen LogP) is 6.08. The van der Waals surface area contributed by atoms with Gasteiger partial charge in [-0.05, 0) is 99.8 Å². The van der Waals surface area contributed by atoms with Gasteiger partial charge in [-0.1, -0.05) is 23.2 Å². The second-order valence-corrected chi connectivity index (χ2v) is 13.7.